The summed E-state index contributed by atoms with van der Waals surface area (Å²) in [6.45, 7) is 1.97. The van der Waals surface area contributed by atoms with Crippen LogP contribution in [0.2, 0.25) is 0 Å². The van der Waals surface area contributed by atoms with Gasteiger partial charge in [0.25, 0.3) is 0 Å². The molecule has 0 aromatic heterocycles. The molecule has 0 aliphatic rings. The normalized spacial score (nSPS) is 10.4. The number of carboxylic acids is 1. The van der Waals surface area contributed by atoms with Crippen molar-refractivity contribution < 1.29 is 31.1 Å². The number of carbonyl (C=O) groups is 1. The van der Waals surface area contributed by atoms with E-state index in [1.54, 1.807) is 6.07 Å². The molecule has 2 aromatic carbocycles. The summed E-state index contributed by atoms with van der Waals surface area (Å²) in [5, 5.41) is 11.0. The fourth-order valence-corrected chi connectivity index (χ4v) is 4.24. The topological polar surface area (TPSA) is 40.1 Å². The van der Waals surface area contributed by atoms with Crippen LogP contribution in [0.4, 0.5) is 0 Å². The Kier molecular flexibility index (Phi) is 3.78. The summed E-state index contributed by atoms with van der Waals surface area (Å²) >= 11 is -0.464. The van der Waals surface area contributed by atoms with Crippen LogP contribution in [0, 0.1) is 14.1 Å². The standard InChI is InChI=1S/C14H12IO2/c1-10-7-8-12(14(16)17)13(9-10)15-11-5-3-2-4-6-11/h2-9H,1H3,(H,16,17)/q-1/p-1. The summed E-state index contributed by atoms with van der Waals surface area (Å²) in [6.07, 6.45) is 0. The van der Waals surface area contributed by atoms with Crippen molar-refractivity contribution in [2.75, 3.05) is 0 Å². The summed E-state index contributed by atoms with van der Waals surface area (Å²) in [6, 6.07) is 15.4. The number of aromatic carboxylic acids is 1. The molecule has 17 heavy (non-hydrogen) atoms. The van der Waals surface area contributed by atoms with Gasteiger partial charge in [0.05, 0.1) is 0 Å². The first-order valence-electron chi connectivity index (χ1n) is 5.18. The number of carbonyl (C=O) groups excluding carboxylic acids is 1. The van der Waals surface area contributed by atoms with Gasteiger partial charge in [-0.3, -0.25) is 0 Å². The third-order valence-corrected chi connectivity index (χ3v) is 5.10. The fraction of sp³-hybridized carbons (Fsp3) is 0.0714. The van der Waals surface area contributed by atoms with Gasteiger partial charge < -0.3 is 0 Å². The van der Waals surface area contributed by atoms with E-state index in [0.29, 0.717) is 5.56 Å². The first kappa shape index (κ1) is 12.1. The van der Waals surface area contributed by atoms with E-state index >= 15 is 0 Å². The van der Waals surface area contributed by atoms with Gasteiger partial charge in [-0.2, -0.15) is 0 Å². The number of halogens is 1. The second-order valence-electron chi connectivity index (χ2n) is 3.66. The van der Waals surface area contributed by atoms with Gasteiger partial charge in [-0.25, -0.2) is 0 Å². The third-order valence-electron chi connectivity index (χ3n) is 2.29. The van der Waals surface area contributed by atoms with Gasteiger partial charge in [-0.15, -0.1) is 0 Å². The van der Waals surface area contributed by atoms with Gasteiger partial charge in [0.1, 0.15) is 0 Å². The molecule has 0 radical (unpaired) electrons. The Morgan fingerprint density at radius 2 is 1.82 bits per heavy atom. The van der Waals surface area contributed by atoms with Crippen molar-refractivity contribution in [1.82, 2.24) is 0 Å². The van der Waals surface area contributed by atoms with E-state index in [4.69, 9.17) is 0 Å². The van der Waals surface area contributed by atoms with Crippen LogP contribution in [0.1, 0.15) is 15.9 Å². The van der Waals surface area contributed by atoms with E-state index in [9.17, 15) is 9.90 Å². The minimum atomic E-state index is -1.09. The second-order valence-corrected chi connectivity index (χ2v) is 6.61. The van der Waals surface area contributed by atoms with Crippen LogP contribution in [-0.4, -0.2) is 5.97 Å². The number of hydrogen-bond donors (Lipinski definition) is 0. The van der Waals surface area contributed by atoms with Crippen LogP contribution < -0.4 is 26.3 Å². The van der Waals surface area contributed by atoms with Crippen LogP contribution in [0.25, 0.3) is 0 Å². The molecule has 0 atom stereocenters. The van der Waals surface area contributed by atoms with Gasteiger partial charge >= 0.3 is 111 Å². The van der Waals surface area contributed by atoms with E-state index in [0.717, 1.165) is 9.13 Å². The molecular formula is C14H11IO2-2. The molecule has 0 saturated heterocycles. The Balaban J connectivity index is 2.37. The van der Waals surface area contributed by atoms with E-state index in [-0.39, 0.29) is 0 Å². The van der Waals surface area contributed by atoms with Crippen molar-refractivity contribution in [3.05, 3.63) is 66.8 Å². The molecule has 0 aliphatic carbocycles. The molecule has 88 valence electrons. The molecule has 2 aromatic rings. The van der Waals surface area contributed by atoms with Crippen LogP contribution in [0.15, 0.2) is 48.5 Å². The molecule has 0 heterocycles. The monoisotopic (exact) mass is 338 g/mol. The molecule has 2 rings (SSSR count). The van der Waals surface area contributed by atoms with Crippen molar-refractivity contribution in [2.24, 2.45) is 0 Å². The minimum absolute atomic E-state index is 0.326. The Morgan fingerprint density at radius 1 is 1.12 bits per heavy atom. The predicted octanol–water partition coefficient (Wildman–Crippen LogP) is -1.51. The number of rotatable bonds is 3. The Bertz CT molecular complexity index is 535. The van der Waals surface area contributed by atoms with Crippen molar-refractivity contribution >= 4 is 5.97 Å². The average molecular weight is 338 g/mol. The maximum absolute atomic E-state index is 11.0. The molecular weight excluding hydrogens is 327 g/mol. The first-order chi connectivity index (χ1) is 8.16. The zero-order valence-electron chi connectivity index (χ0n) is 9.31. The quantitative estimate of drug-likeness (QED) is 0.639. The number of aryl methyl sites for hydroxylation is 1. The first-order valence-corrected chi connectivity index (χ1v) is 7.34. The van der Waals surface area contributed by atoms with E-state index in [2.05, 4.69) is 0 Å². The molecule has 0 spiro atoms. The number of hydrogen-bond acceptors (Lipinski definition) is 2. The van der Waals surface area contributed by atoms with Crippen LogP contribution in [0.3, 0.4) is 0 Å². The van der Waals surface area contributed by atoms with Gasteiger partial charge in [0.2, 0.25) is 0 Å². The summed E-state index contributed by atoms with van der Waals surface area (Å²) in [4.78, 5) is 11.0. The third kappa shape index (κ3) is 3.06. The van der Waals surface area contributed by atoms with E-state index in [1.807, 2.05) is 49.4 Å². The number of benzene rings is 2. The zero-order valence-corrected chi connectivity index (χ0v) is 11.5. The van der Waals surface area contributed by atoms with Crippen LogP contribution >= 0.6 is 0 Å². The Hall–Kier alpha value is -1.36. The summed E-state index contributed by atoms with van der Waals surface area (Å²) in [5.41, 5.74) is 1.41. The molecule has 0 aliphatic heterocycles. The number of carboxylic acid groups (broad SMARTS) is 1. The molecule has 3 heteroatoms. The van der Waals surface area contributed by atoms with Gasteiger partial charge in [0.15, 0.2) is 0 Å². The molecule has 0 N–H and O–H groups in total. The second kappa shape index (κ2) is 5.31. The molecule has 0 fully saturated rings. The summed E-state index contributed by atoms with van der Waals surface area (Å²) in [5.74, 6) is -1.09. The maximum atomic E-state index is 11.0. The predicted molar refractivity (Wildman–Crippen MR) is 59.3 cm³/mol. The molecule has 0 saturated carbocycles. The summed E-state index contributed by atoms with van der Waals surface area (Å²) < 4.78 is 2.12. The SMILES string of the molecule is Cc1ccc(C(=O)[O-])c([I-]c2ccccc2)c1. The van der Waals surface area contributed by atoms with E-state index in [1.165, 1.54) is 3.57 Å². The van der Waals surface area contributed by atoms with Crippen molar-refractivity contribution in [3.63, 3.8) is 0 Å². The van der Waals surface area contributed by atoms with Gasteiger partial charge in [0, 0.05) is 0 Å². The van der Waals surface area contributed by atoms with Crippen LogP contribution in [-0.2, 0) is 0 Å². The Labute approximate surface area is 111 Å². The summed E-state index contributed by atoms with van der Waals surface area (Å²) in [7, 11) is 0. The zero-order chi connectivity index (χ0) is 12.3. The fourth-order valence-electron chi connectivity index (χ4n) is 1.46. The van der Waals surface area contributed by atoms with Gasteiger partial charge in [-0.05, 0) is 0 Å². The van der Waals surface area contributed by atoms with Crippen LogP contribution in [0.5, 0.6) is 0 Å². The average Bonchev–Trinajstić information content (AvgIpc) is 2.30. The molecule has 0 bridgehead atoms. The van der Waals surface area contributed by atoms with Crippen molar-refractivity contribution in [3.8, 4) is 0 Å². The van der Waals surface area contributed by atoms with Crippen molar-refractivity contribution in [2.45, 2.75) is 6.92 Å². The van der Waals surface area contributed by atoms with Gasteiger partial charge in [-0.1, -0.05) is 0 Å². The van der Waals surface area contributed by atoms with E-state index < -0.39 is 27.2 Å². The molecule has 0 unspecified atom stereocenters. The molecule has 0 amide bonds. The molecule has 2 nitrogen and oxygen atoms in total. The Morgan fingerprint density at radius 3 is 2.47 bits per heavy atom. The van der Waals surface area contributed by atoms with Crippen molar-refractivity contribution in [1.29, 1.82) is 0 Å².